The first-order valence-electron chi connectivity index (χ1n) is 11.0. The molecule has 1 N–H and O–H groups in total. The van der Waals surface area contributed by atoms with Gasteiger partial charge in [-0.25, -0.2) is 0 Å². The number of nitrogens with zero attached hydrogens (tertiary/aromatic N) is 1. The van der Waals surface area contributed by atoms with Crippen LogP contribution < -0.4 is 10.1 Å². The minimum atomic E-state index is -0.759. The normalized spacial score (nSPS) is 12.8. The standard InChI is InChI=1S/C26H34Cl2N2O3/c1-17(24(32)29-26(5,6)7)30(15-18-20(27)12-10-13-21(18)28)23(31)16-33-22-14-9-8-11-19(22)25(2,3)4/h8-14,17H,15-16H2,1-7H3,(H,29,32). The molecule has 2 aromatic rings. The van der Waals surface area contributed by atoms with Crippen LogP contribution in [0.15, 0.2) is 42.5 Å². The van der Waals surface area contributed by atoms with Gasteiger partial charge in [0, 0.05) is 27.7 Å². The molecule has 1 atom stereocenters. The van der Waals surface area contributed by atoms with E-state index >= 15 is 0 Å². The molecule has 0 aliphatic rings. The summed E-state index contributed by atoms with van der Waals surface area (Å²) < 4.78 is 5.95. The Balaban J connectivity index is 2.31. The molecule has 7 heteroatoms. The molecule has 0 aliphatic carbocycles. The predicted octanol–water partition coefficient (Wildman–Crippen LogP) is 6.00. The van der Waals surface area contributed by atoms with Gasteiger partial charge in [0.25, 0.3) is 5.91 Å². The van der Waals surface area contributed by atoms with E-state index in [0.29, 0.717) is 21.4 Å². The molecule has 0 saturated heterocycles. The Bertz CT molecular complexity index is 974. The minimum absolute atomic E-state index is 0.0837. The van der Waals surface area contributed by atoms with Gasteiger partial charge in [-0.1, -0.05) is 68.2 Å². The van der Waals surface area contributed by atoms with Crippen molar-refractivity contribution >= 4 is 35.0 Å². The Kier molecular flexibility index (Phi) is 8.83. The summed E-state index contributed by atoms with van der Waals surface area (Å²) in [5.74, 6) is 0.0289. The van der Waals surface area contributed by atoms with Crippen molar-refractivity contribution in [3.63, 3.8) is 0 Å². The zero-order valence-corrected chi connectivity index (χ0v) is 22.0. The second-order valence-electron chi connectivity index (χ2n) is 10.2. The molecule has 0 aromatic heterocycles. The summed E-state index contributed by atoms with van der Waals surface area (Å²) >= 11 is 12.7. The lowest BCUT2D eigenvalue weighted by Crippen LogP contribution is -2.53. The molecule has 0 saturated carbocycles. The Hall–Kier alpha value is -2.24. The number of nitrogens with one attached hydrogen (secondary N) is 1. The van der Waals surface area contributed by atoms with E-state index in [1.807, 2.05) is 45.0 Å². The van der Waals surface area contributed by atoms with E-state index in [2.05, 4.69) is 26.1 Å². The fourth-order valence-electron chi connectivity index (χ4n) is 3.34. The number of carbonyl (C=O) groups excluding carboxylic acids is 2. The molecular weight excluding hydrogens is 459 g/mol. The van der Waals surface area contributed by atoms with Crippen LogP contribution in [0.3, 0.4) is 0 Å². The molecule has 0 aliphatic heterocycles. The molecule has 0 fully saturated rings. The fraction of sp³-hybridized carbons (Fsp3) is 0.462. The Morgan fingerprint density at radius 2 is 1.55 bits per heavy atom. The van der Waals surface area contributed by atoms with Gasteiger partial charge in [-0.3, -0.25) is 9.59 Å². The van der Waals surface area contributed by atoms with Gasteiger partial charge in [0.2, 0.25) is 5.91 Å². The Labute approximate surface area is 207 Å². The number of rotatable bonds is 7. The number of hydrogen-bond donors (Lipinski definition) is 1. The van der Waals surface area contributed by atoms with Gasteiger partial charge in [0.15, 0.2) is 6.61 Å². The number of halogens is 2. The van der Waals surface area contributed by atoms with Crippen LogP contribution in [0, 0.1) is 0 Å². The van der Waals surface area contributed by atoms with Gasteiger partial charge in [0.05, 0.1) is 0 Å². The molecule has 1 unspecified atom stereocenters. The van der Waals surface area contributed by atoms with Crippen LogP contribution in [0.4, 0.5) is 0 Å². The lowest BCUT2D eigenvalue weighted by molar-refractivity contribution is -0.142. The van der Waals surface area contributed by atoms with Crippen molar-refractivity contribution in [3.8, 4) is 5.75 Å². The highest BCUT2D eigenvalue weighted by atomic mass is 35.5. The zero-order chi connectivity index (χ0) is 25.0. The third-order valence-corrected chi connectivity index (χ3v) is 5.81. The highest BCUT2D eigenvalue weighted by Crippen LogP contribution is 2.31. The summed E-state index contributed by atoms with van der Waals surface area (Å²) in [5.41, 5.74) is 0.992. The van der Waals surface area contributed by atoms with Gasteiger partial charge >= 0.3 is 0 Å². The monoisotopic (exact) mass is 492 g/mol. The van der Waals surface area contributed by atoms with Gasteiger partial charge in [-0.2, -0.15) is 0 Å². The minimum Gasteiger partial charge on any atom is -0.483 e. The lowest BCUT2D eigenvalue weighted by atomic mass is 9.86. The second kappa shape index (κ2) is 10.8. The van der Waals surface area contributed by atoms with Crippen molar-refractivity contribution in [2.75, 3.05) is 6.61 Å². The van der Waals surface area contributed by atoms with Crippen molar-refractivity contribution in [2.45, 2.75) is 72.0 Å². The first-order valence-corrected chi connectivity index (χ1v) is 11.7. The SMILES string of the molecule is CC(C(=O)NC(C)(C)C)N(Cc1c(Cl)cccc1Cl)C(=O)COc1ccccc1C(C)(C)C. The highest BCUT2D eigenvalue weighted by Gasteiger charge is 2.30. The molecule has 0 bridgehead atoms. The number of amides is 2. The van der Waals surface area contributed by atoms with Crippen molar-refractivity contribution < 1.29 is 14.3 Å². The van der Waals surface area contributed by atoms with Crippen LogP contribution in [0.25, 0.3) is 0 Å². The van der Waals surface area contributed by atoms with Crippen LogP contribution in [0.5, 0.6) is 5.75 Å². The average molecular weight is 493 g/mol. The van der Waals surface area contributed by atoms with E-state index in [9.17, 15) is 9.59 Å². The number of ether oxygens (including phenoxy) is 1. The van der Waals surface area contributed by atoms with Crippen LogP contribution >= 0.6 is 23.2 Å². The maximum Gasteiger partial charge on any atom is 0.261 e. The second-order valence-corrected chi connectivity index (χ2v) is 11.0. The van der Waals surface area contributed by atoms with Crippen LogP contribution in [-0.4, -0.2) is 34.9 Å². The van der Waals surface area contributed by atoms with Crippen LogP contribution in [0.2, 0.25) is 10.0 Å². The molecule has 5 nitrogen and oxygen atoms in total. The van der Waals surface area contributed by atoms with Crippen molar-refractivity contribution in [2.24, 2.45) is 0 Å². The van der Waals surface area contributed by atoms with E-state index in [0.717, 1.165) is 5.56 Å². The molecule has 180 valence electrons. The summed E-state index contributed by atoms with van der Waals surface area (Å²) in [7, 11) is 0. The molecule has 2 amide bonds. The first-order chi connectivity index (χ1) is 15.2. The maximum absolute atomic E-state index is 13.4. The van der Waals surface area contributed by atoms with Crippen molar-refractivity contribution in [1.29, 1.82) is 0 Å². The number of hydrogen-bond acceptors (Lipinski definition) is 3. The van der Waals surface area contributed by atoms with Crippen molar-refractivity contribution in [1.82, 2.24) is 10.2 Å². The number of carbonyl (C=O) groups is 2. The van der Waals surface area contributed by atoms with Crippen molar-refractivity contribution in [3.05, 3.63) is 63.6 Å². The molecule has 2 rings (SSSR count). The smallest absolute Gasteiger partial charge is 0.261 e. The summed E-state index contributed by atoms with van der Waals surface area (Å²) in [6, 6.07) is 12.0. The summed E-state index contributed by atoms with van der Waals surface area (Å²) in [6.07, 6.45) is 0. The van der Waals surface area contributed by atoms with Gasteiger partial charge in [0.1, 0.15) is 11.8 Å². The Morgan fingerprint density at radius 1 is 0.970 bits per heavy atom. The Morgan fingerprint density at radius 3 is 2.09 bits per heavy atom. The van der Waals surface area contributed by atoms with Gasteiger partial charge in [-0.05, 0) is 56.9 Å². The number of benzene rings is 2. The average Bonchev–Trinajstić information content (AvgIpc) is 2.69. The third-order valence-electron chi connectivity index (χ3n) is 5.10. The van der Waals surface area contributed by atoms with Crippen LogP contribution in [-0.2, 0) is 21.5 Å². The lowest BCUT2D eigenvalue weighted by Gasteiger charge is -2.32. The third kappa shape index (κ3) is 7.65. The zero-order valence-electron chi connectivity index (χ0n) is 20.5. The molecular formula is C26H34Cl2N2O3. The topological polar surface area (TPSA) is 58.6 Å². The quantitative estimate of drug-likeness (QED) is 0.515. The van der Waals surface area contributed by atoms with E-state index in [4.69, 9.17) is 27.9 Å². The van der Waals surface area contributed by atoms with E-state index in [1.165, 1.54) is 4.90 Å². The summed E-state index contributed by atoms with van der Waals surface area (Å²) in [6.45, 7) is 13.5. The maximum atomic E-state index is 13.4. The van der Waals surface area contributed by atoms with E-state index in [-0.39, 0.29) is 30.4 Å². The van der Waals surface area contributed by atoms with Gasteiger partial charge < -0.3 is 15.0 Å². The summed E-state index contributed by atoms with van der Waals surface area (Å²) in [5, 5.41) is 3.80. The molecule has 0 heterocycles. The van der Waals surface area contributed by atoms with Crippen LogP contribution in [0.1, 0.15) is 59.6 Å². The largest absolute Gasteiger partial charge is 0.483 e. The number of para-hydroxylation sites is 1. The molecule has 2 aromatic carbocycles. The first kappa shape index (κ1) is 27.0. The highest BCUT2D eigenvalue weighted by molar-refractivity contribution is 6.36. The fourth-order valence-corrected chi connectivity index (χ4v) is 3.86. The molecule has 33 heavy (non-hydrogen) atoms. The molecule has 0 radical (unpaired) electrons. The van der Waals surface area contributed by atoms with E-state index < -0.39 is 11.6 Å². The molecule has 0 spiro atoms. The predicted molar refractivity (Wildman–Crippen MR) is 135 cm³/mol. The van der Waals surface area contributed by atoms with Gasteiger partial charge in [-0.15, -0.1) is 0 Å². The van der Waals surface area contributed by atoms with E-state index in [1.54, 1.807) is 25.1 Å². The summed E-state index contributed by atoms with van der Waals surface area (Å²) in [4.78, 5) is 27.7.